The smallest absolute Gasteiger partial charge is 0.223 e. The molecule has 0 spiro atoms. The van der Waals surface area contributed by atoms with Crippen LogP contribution in [0.5, 0.6) is 0 Å². The molecule has 2 aromatic rings. The van der Waals surface area contributed by atoms with Crippen LogP contribution in [0.15, 0.2) is 41.0 Å². The van der Waals surface area contributed by atoms with Gasteiger partial charge in [0.1, 0.15) is 5.76 Å². The molecule has 0 saturated carbocycles. The fourth-order valence-corrected chi connectivity index (χ4v) is 2.76. The summed E-state index contributed by atoms with van der Waals surface area (Å²) in [5.41, 5.74) is 8.69. The molecule has 0 aliphatic rings. The van der Waals surface area contributed by atoms with Crippen LogP contribution in [0.1, 0.15) is 38.5 Å². The van der Waals surface area contributed by atoms with Gasteiger partial charge in [-0.05, 0) is 41.3 Å². The van der Waals surface area contributed by atoms with Crippen LogP contribution in [-0.2, 0) is 17.9 Å². The molecule has 136 valence electrons. The van der Waals surface area contributed by atoms with Crippen molar-refractivity contribution in [3.05, 3.63) is 47.9 Å². The number of hydrogen-bond donors (Lipinski definition) is 1. The number of amides is 1. The molecule has 0 aliphatic carbocycles. The minimum Gasteiger partial charge on any atom is -0.467 e. The monoisotopic (exact) mass is 343 g/mol. The Hall–Kier alpha value is -2.43. The normalized spacial score (nSPS) is 11.4. The molecule has 0 bridgehead atoms. The summed E-state index contributed by atoms with van der Waals surface area (Å²) < 4.78 is 5.45. The molecule has 2 rings (SSSR count). The molecule has 0 fully saturated rings. The topological polar surface area (TPSA) is 62.7 Å². The standard InChI is InChI=1S/C20H29N3O2/c1-20(2,3)12-19(24)23(14-17-7-6-10-25-17)13-15-11-16(21)8-9-18(15)22(4)5/h6-11H,12-14,21H2,1-5H3. The van der Waals surface area contributed by atoms with E-state index in [1.54, 1.807) is 6.26 Å². The van der Waals surface area contributed by atoms with E-state index in [4.69, 9.17) is 10.2 Å². The quantitative estimate of drug-likeness (QED) is 0.808. The molecular weight excluding hydrogens is 314 g/mol. The van der Waals surface area contributed by atoms with E-state index < -0.39 is 0 Å². The van der Waals surface area contributed by atoms with Crippen LogP contribution in [0.3, 0.4) is 0 Å². The fourth-order valence-electron chi connectivity index (χ4n) is 2.76. The highest BCUT2D eigenvalue weighted by Crippen LogP contribution is 2.26. The highest BCUT2D eigenvalue weighted by molar-refractivity contribution is 5.77. The predicted octanol–water partition coefficient (Wildman–Crippen LogP) is 3.89. The molecule has 0 aliphatic heterocycles. The number of nitrogens with zero attached hydrogens (tertiary/aromatic N) is 2. The maximum absolute atomic E-state index is 12.9. The molecule has 5 heteroatoms. The molecule has 5 nitrogen and oxygen atoms in total. The third kappa shape index (κ3) is 5.55. The summed E-state index contributed by atoms with van der Waals surface area (Å²) in [6.45, 7) is 7.16. The predicted molar refractivity (Wildman–Crippen MR) is 102 cm³/mol. The first-order valence-corrected chi connectivity index (χ1v) is 8.51. The zero-order chi connectivity index (χ0) is 18.6. The van der Waals surface area contributed by atoms with Crippen LogP contribution in [0.25, 0.3) is 0 Å². The summed E-state index contributed by atoms with van der Waals surface area (Å²) >= 11 is 0. The summed E-state index contributed by atoms with van der Waals surface area (Å²) in [5, 5.41) is 0. The fraction of sp³-hybridized carbons (Fsp3) is 0.450. The lowest BCUT2D eigenvalue weighted by molar-refractivity contribution is -0.134. The second-order valence-electron chi connectivity index (χ2n) is 7.85. The van der Waals surface area contributed by atoms with Gasteiger partial charge in [-0.25, -0.2) is 0 Å². The van der Waals surface area contributed by atoms with Gasteiger partial charge in [0.25, 0.3) is 0 Å². The van der Waals surface area contributed by atoms with Gasteiger partial charge in [0, 0.05) is 38.4 Å². The molecule has 1 aromatic carbocycles. The van der Waals surface area contributed by atoms with E-state index in [2.05, 4.69) is 20.8 Å². The molecule has 1 heterocycles. The Labute approximate surface area is 150 Å². The molecule has 1 amide bonds. The van der Waals surface area contributed by atoms with Crippen molar-refractivity contribution >= 4 is 17.3 Å². The van der Waals surface area contributed by atoms with E-state index in [0.29, 0.717) is 25.2 Å². The highest BCUT2D eigenvalue weighted by atomic mass is 16.3. The molecule has 0 atom stereocenters. The van der Waals surface area contributed by atoms with Crippen molar-refractivity contribution < 1.29 is 9.21 Å². The van der Waals surface area contributed by atoms with Gasteiger partial charge in [0.05, 0.1) is 12.8 Å². The summed E-state index contributed by atoms with van der Waals surface area (Å²) in [4.78, 5) is 16.8. The van der Waals surface area contributed by atoms with Gasteiger partial charge in [0.15, 0.2) is 0 Å². The lowest BCUT2D eigenvalue weighted by Gasteiger charge is -2.28. The number of carbonyl (C=O) groups is 1. The molecule has 25 heavy (non-hydrogen) atoms. The van der Waals surface area contributed by atoms with E-state index >= 15 is 0 Å². The first kappa shape index (κ1) is 18.9. The average Bonchev–Trinajstić information content (AvgIpc) is 2.97. The number of rotatable bonds is 6. The van der Waals surface area contributed by atoms with E-state index in [1.807, 2.05) is 54.2 Å². The summed E-state index contributed by atoms with van der Waals surface area (Å²) in [7, 11) is 3.98. The number of anilines is 2. The Morgan fingerprint density at radius 3 is 2.44 bits per heavy atom. The number of furan rings is 1. The van der Waals surface area contributed by atoms with E-state index in [-0.39, 0.29) is 11.3 Å². The first-order chi connectivity index (χ1) is 11.7. The number of nitrogen functional groups attached to an aromatic ring is 1. The molecule has 1 aromatic heterocycles. The van der Waals surface area contributed by atoms with Gasteiger partial charge in [-0.15, -0.1) is 0 Å². The summed E-state index contributed by atoms with van der Waals surface area (Å²) in [6, 6.07) is 9.54. The maximum atomic E-state index is 12.9. The Morgan fingerprint density at radius 1 is 1.16 bits per heavy atom. The minimum atomic E-state index is -0.0708. The van der Waals surface area contributed by atoms with Gasteiger partial charge < -0.3 is 20.0 Å². The lowest BCUT2D eigenvalue weighted by atomic mass is 9.91. The van der Waals surface area contributed by atoms with Crippen molar-refractivity contribution in [1.29, 1.82) is 0 Å². The van der Waals surface area contributed by atoms with Crippen molar-refractivity contribution in [3.8, 4) is 0 Å². The summed E-state index contributed by atoms with van der Waals surface area (Å²) in [6.07, 6.45) is 2.11. The Kier molecular flexibility index (Phi) is 5.77. The molecular formula is C20H29N3O2. The van der Waals surface area contributed by atoms with Crippen LogP contribution in [0.4, 0.5) is 11.4 Å². The van der Waals surface area contributed by atoms with Gasteiger partial charge in [0.2, 0.25) is 5.91 Å². The summed E-state index contributed by atoms with van der Waals surface area (Å²) in [5.74, 6) is 0.883. The third-order valence-corrected chi connectivity index (χ3v) is 3.91. The van der Waals surface area contributed by atoms with Gasteiger partial charge >= 0.3 is 0 Å². The Morgan fingerprint density at radius 2 is 1.88 bits per heavy atom. The van der Waals surface area contributed by atoms with Crippen LogP contribution in [-0.4, -0.2) is 24.9 Å². The van der Waals surface area contributed by atoms with Crippen LogP contribution >= 0.6 is 0 Å². The van der Waals surface area contributed by atoms with Crippen LogP contribution < -0.4 is 10.6 Å². The van der Waals surface area contributed by atoms with Gasteiger partial charge in [-0.2, -0.15) is 0 Å². The third-order valence-electron chi connectivity index (χ3n) is 3.91. The van der Waals surface area contributed by atoms with E-state index in [0.717, 1.165) is 17.0 Å². The second-order valence-corrected chi connectivity index (χ2v) is 7.85. The SMILES string of the molecule is CN(C)c1ccc(N)cc1CN(Cc1ccco1)C(=O)CC(C)(C)C. The number of benzene rings is 1. The van der Waals surface area contributed by atoms with Crippen molar-refractivity contribution in [1.82, 2.24) is 4.90 Å². The van der Waals surface area contributed by atoms with Crippen LogP contribution in [0.2, 0.25) is 0 Å². The number of carbonyl (C=O) groups excluding carboxylic acids is 1. The van der Waals surface area contributed by atoms with E-state index in [9.17, 15) is 4.79 Å². The minimum absolute atomic E-state index is 0.0708. The van der Waals surface area contributed by atoms with E-state index in [1.165, 1.54) is 0 Å². The molecule has 2 N–H and O–H groups in total. The molecule has 0 radical (unpaired) electrons. The zero-order valence-electron chi connectivity index (χ0n) is 15.9. The Balaban J connectivity index is 2.29. The van der Waals surface area contributed by atoms with Crippen molar-refractivity contribution in [2.24, 2.45) is 5.41 Å². The van der Waals surface area contributed by atoms with Crippen molar-refractivity contribution in [2.75, 3.05) is 24.7 Å². The zero-order valence-corrected chi connectivity index (χ0v) is 15.9. The largest absolute Gasteiger partial charge is 0.467 e. The van der Waals surface area contributed by atoms with Gasteiger partial charge in [-0.1, -0.05) is 20.8 Å². The number of hydrogen-bond acceptors (Lipinski definition) is 4. The first-order valence-electron chi connectivity index (χ1n) is 8.51. The average molecular weight is 343 g/mol. The van der Waals surface area contributed by atoms with Gasteiger partial charge in [-0.3, -0.25) is 4.79 Å². The maximum Gasteiger partial charge on any atom is 0.223 e. The van der Waals surface area contributed by atoms with Crippen LogP contribution in [0, 0.1) is 5.41 Å². The van der Waals surface area contributed by atoms with Crippen molar-refractivity contribution in [2.45, 2.75) is 40.3 Å². The second kappa shape index (κ2) is 7.64. The lowest BCUT2D eigenvalue weighted by Crippen LogP contribution is -2.33. The number of nitrogens with two attached hydrogens (primary N) is 1. The Bertz CT molecular complexity index is 700. The molecule has 0 saturated heterocycles. The van der Waals surface area contributed by atoms with Crippen molar-refractivity contribution in [3.63, 3.8) is 0 Å². The highest BCUT2D eigenvalue weighted by Gasteiger charge is 2.23. The molecule has 0 unspecified atom stereocenters.